The molecule has 0 aromatic heterocycles. The topological polar surface area (TPSA) is 75.7 Å². The number of ether oxygens (including phenoxy) is 1. The van der Waals surface area contributed by atoms with Gasteiger partial charge in [0.25, 0.3) is 0 Å². The normalized spacial score (nSPS) is 16.5. The zero-order valence-corrected chi connectivity index (χ0v) is 17.5. The number of amides is 3. The molecule has 1 atom stereocenters. The standard InChI is InChI=1S/C19H17IN2O4S/c1-26-15-8-4-13(5-9-15)21-17(23)11-27-16-10-18(24)22(19(16)25)14-6-2-12(20)3-7-14/h2-9,16H,10-11H2,1H3,(H,21,23)/t16-/m1/s1. The van der Waals surface area contributed by atoms with Crippen LogP contribution in [0.3, 0.4) is 0 Å². The van der Waals surface area contributed by atoms with Crippen molar-refractivity contribution < 1.29 is 19.1 Å². The zero-order valence-electron chi connectivity index (χ0n) is 14.5. The largest absolute Gasteiger partial charge is 0.497 e. The number of thioether (sulfide) groups is 1. The van der Waals surface area contributed by atoms with Gasteiger partial charge in [0.2, 0.25) is 17.7 Å². The predicted octanol–water partition coefficient (Wildman–Crippen LogP) is 3.30. The molecule has 8 heteroatoms. The van der Waals surface area contributed by atoms with E-state index < -0.39 is 5.25 Å². The molecule has 0 bridgehead atoms. The SMILES string of the molecule is COc1ccc(NC(=O)CS[C@@H]2CC(=O)N(c3ccc(I)cc3)C2=O)cc1. The molecule has 0 radical (unpaired) electrons. The van der Waals surface area contributed by atoms with E-state index in [-0.39, 0.29) is 29.9 Å². The minimum atomic E-state index is -0.543. The van der Waals surface area contributed by atoms with Gasteiger partial charge in [-0.05, 0) is 71.1 Å². The van der Waals surface area contributed by atoms with Gasteiger partial charge in [-0.15, -0.1) is 11.8 Å². The van der Waals surface area contributed by atoms with Crippen molar-refractivity contribution >= 4 is 63.4 Å². The highest BCUT2D eigenvalue weighted by molar-refractivity contribution is 14.1. The van der Waals surface area contributed by atoms with Gasteiger partial charge in [0.05, 0.1) is 23.8 Å². The van der Waals surface area contributed by atoms with Gasteiger partial charge in [0.1, 0.15) is 5.75 Å². The lowest BCUT2D eigenvalue weighted by atomic mass is 10.3. The maximum Gasteiger partial charge on any atom is 0.247 e. The smallest absolute Gasteiger partial charge is 0.247 e. The van der Waals surface area contributed by atoms with Crippen molar-refractivity contribution in [1.82, 2.24) is 0 Å². The highest BCUT2D eigenvalue weighted by Gasteiger charge is 2.40. The van der Waals surface area contributed by atoms with Crippen LogP contribution >= 0.6 is 34.4 Å². The average Bonchev–Trinajstić information content (AvgIpc) is 2.95. The van der Waals surface area contributed by atoms with E-state index >= 15 is 0 Å². The van der Waals surface area contributed by atoms with E-state index in [9.17, 15) is 14.4 Å². The van der Waals surface area contributed by atoms with Gasteiger partial charge in [-0.1, -0.05) is 0 Å². The number of anilines is 2. The molecule has 0 aliphatic carbocycles. The Labute approximate surface area is 174 Å². The van der Waals surface area contributed by atoms with E-state index in [1.807, 2.05) is 12.1 Å². The molecular weight excluding hydrogens is 479 g/mol. The lowest BCUT2D eigenvalue weighted by Crippen LogP contribution is -2.31. The predicted molar refractivity (Wildman–Crippen MR) is 114 cm³/mol. The molecule has 1 heterocycles. The molecule has 2 aromatic rings. The van der Waals surface area contributed by atoms with Gasteiger partial charge in [-0.3, -0.25) is 14.4 Å². The summed E-state index contributed by atoms with van der Waals surface area (Å²) >= 11 is 3.35. The van der Waals surface area contributed by atoms with Crippen molar-refractivity contribution in [3.8, 4) is 5.75 Å². The Morgan fingerprint density at radius 2 is 1.85 bits per heavy atom. The highest BCUT2D eigenvalue weighted by atomic mass is 127. The summed E-state index contributed by atoms with van der Waals surface area (Å²) in [5, 5.41) is 2.22. The Morgan fingerprint density at radius 3 is 2.48 bits per heavy atom. The molecule has 1 N–H and O–H groups in total. The van der Waals surface area contributed by atoms with E-state index in [4.69, 9.17) is 4.74 Å². The molecule has 1 fully saturated rings. The molecule has 1 aliphatic heterocycles. The average molecular weight is 496 g/mol. The van der Waals surface area contributed by atoms with E-state index in [0.717, 1.165) is 3.57 Å². The maximum absolute atomic E-state index is 12.6. The number of hydrogen-bond donors (Lipinski definition) is 1. The first-order chi connectivity index (χ1) is 13.0. The van der Waals surface area contributed by atoms with Crippen LogP contribution in [-0.4, -0.2) is 35.8 Å². The fourth-order valence-electron chi connectivity index (χ4n) is 2.64. The van der Waals surface area contributed by atoms with Crippen molar-refractivity contribution in [2.24, 2.45) is 0 Å². The van der Waals surface area contributed by atoms with E-state index in [2.05, 4.69) is 27.9 Å². The number of carbonyl (C=O) groups excluding carboxylic acids is 3. The van der Waals surface area contributed by atoms with Gasteiger partial charge in [-0.25, -0.2) is 4.90 Å². The van der Waals surface area contributed by atoms with Gasteiger partial charge in [0, 0.05) is 15.7 Å². The third-order valence-electron chi connectivity index (χ3n) is 3.98. The number of benzene rings is 2. The lowest BCUT2D eigenvalue weighted by molar-refractivity contribution is -0.121. The molecule has 27 heavy (non-hydrogen) atoms. The van der Waals surface area contributed by atoms with Crippen molar-refractivity contribution in [3.05, 3.63) is 52.1 Å². The summed E-state index contributed by atoms with van der Waals surface area (Å²) in [6, 6.07) is 14.2. The van der Waals surface area contributed by atoms with E-state index in [1.54, 1.807) is 43.5 Å². The van der Waals surface area contributed by atoms with Crippen LogP contribution in [0.2, 0.25) is 0 Å². The second-order valence-corrected chi connectivity index (χ2v) is 8.26. The van der Waals surface area contributed by atoms with E-state index in [0.29, 0.717) is 17.1 Å². The number of nitrogens with one attached hydrogen (secondary N) is 1. The van der Waals surface area contributed by atoms with Gasteiger partial charge in [-0.2, -0.15) is 0 Å². The number of nitrogens with zero attached hydrogens (tertiary/aromatic N) is 1. The fraction of sp³-hybridized carbons (Fsp3) is 0.211. The second kappa shape index (κ2) is 8.75. The summed E-state index contributed by atoms with van der Waals surface area (Å²) in [4.78, 5) is 38.2. The van der Waals surface area contributed by atoms with Crippen LogP contribution in [0.1, 0.15) is 6.42 Å². The minimum Gasteiger partial charge on any atom is -0.497 e. The minimum absolute atomic E-state index is 0.0935. The van der Waals surface area contributed by atoms with Crippen LogP contribution in [0.4, 0.5) is 11.4 Å². The molecule has 140 valence electrons. The highest BCUT2D eigenvalue weighted by Crippen LogP contribution is 2.30. The van der Waals surface area contributed by atoms with Gasteiger partial charge < -0.3 is 10.1 Å². The first kappa shape index (κ1) is 19.7. The molecule has 0 spiro atoms. The number of rotatable bonds is 6. The molecule has 3 rings (SSSR count). The maximum atomic E-state index is 12.6. The summed E-state index contributed by atoms with van der Waals surface area (Å²) in [7, 11) is 1.57. The van der Waals surface area contributed by atoms with Gasteiger partial charge in [0.15, 0.2) is 0 Å². The summed E-state index contributed by atoms with van der Waals surface area (Å²) in [5.41, 5.74) is 1.21. The van der Waals surface area contributed by atoms with Crippen LogP contribution in [0, 0.1) is 3.57 Å². The second-order valence-electron chi connectivity index (χ2n) is 5.82. The van der Waals surface area contributed by atoms with Crippen molar-refractivity contribution in [1.29, 1.82) is 0 Å². The zero-order chi connectivity index (χ0) is 19.4. The summed E-state index contributed by atoms with van der Waals surface area (Å²) in [6.45, 7) is 0. The number of halogens is 1. The molecule has 3 amide bonds. The van der Waals surface area contributed by atoms with Crippen LogP contribution in [0.5, 0.6) is 5.75 Å². The summed E-state index contributed by atoms with van der Waals surface area (Å²) in [6.07, 6.45) is 0.102. The quantitative estimate of drug-likeness (QED) is 0.491. The molecule has 1 aliphatic rings. The van der Waals surface area contributed by atoms with Crippen LogP contribution in [-0.2, 0) is 14.4 Å². The Bertz CT molecular complexity index is 855. The Balaban J connectivity index is 1.56. The first-order valence-electron chi connectivity index (χ1n) is 8.16. The first-order valence-corrected chi connectivity index (χ1v) is 10.3. The molecule has 6 nitrogen and oxygen atoms in total. The van der Waals surface area contributed by atoms with Crippen molar-refractivity contribution in [2.75, 3.05) is 23.1 Å². The number of imide groups is 1. The third-order valence-corrected chi connectivity index (χ3v) is 5.90. The van der Waals surface area contributed by atoms with Crippen LogP contribution < -0.4 is 15.0 Å². The summed E-state index contributed by atoms with van der Waals surface area (Å²) < 4.78 is 6.10. The Hall–Kier alpha value is -2.07. The van der Waals surface area contributed by atoms with Crippen molar-refractivity contribution in [2.45, 2.75) is 11.7 Å². The van der Waals surface area contributed by atoms with E-state index in [1.165, 1.54) is 16.7 Å². The Kier molecular flexibility index (Phi) is 6.38. The molecule has 0 unspecified atom stereocenters. The third kappa shape index (κ3) is 4.81. The molecule has 1 saturated heterocycles. The monoisotopic (exact) mass is 496 g/mol. The van der Waals surface area contributed by atoms with Crippen LogP contribution in [0.25, 0.3) is 0 Å². The number of hydrogen-bond acceptors (Lipinski definition) is 5. The lowest BCUT2D eigenvalue weighted by Gasteiger charge is -2.15. The van der Waals surface area contributed by atoms with Crippen molar-refractivity contribution in [3.63, 3.8) is 0 Å². The number of carbonyl (C=O) groups is 3. The summed E-state index contributed by atoms with van der Waals surface area (Å²) in [5.74, 6) is 0.0555. The molecular formula is C19H17IN2O4S. The number of methoxy groups -OCH3 is 1. The van der Waals surface area contributed by atoms with Gasteiger partial charge >= 0.3 is 0 Å². The Morgan fingerprint density at radius 1 is 1.19 bits per heavy atom. The molecule has 2 aromatic carbocycles. The van der Waals surface area contributed by atoms with Crippen LogP contribution in [0.15, 0.2) is 48.5 Å². The fourth-order valence-corrected chi connectivity index (χ4v) is 3.94. The molecule has 0 saturated carbocycles.